The smallest absolute Gasteiger partial charge is 0.249 e. The van der Waals surface area contributed by atoms with E-state index in [-0.39, 0.29) is 26.5 Å². The van der Waals surface area contributed by atoms with Crippen LogP contribution in [0, 0.1) is 5.41 Å². The first kappa shape index (κ1) is 18.0. The largest absolute Gasteiger partial charge is 0.454 e. The highest BCUT2D eigenvalue weighted by Gasteiger charge is 2.32. The standard InChI is InChI=1S/C16H22N2O6/c1-16(2,8-19)14(21)15(22)18-7-13(20)17-6-10-3-4-11-12(5-10)24-9-23-11/h3-5,14,19,21H,6-9H2,1-2H3,(H,17,20)(H,18,22)/t14-/m0/s1. The zero-order valence-electron chi connectivity index (χ0n) is 13.7. The summed E-state index contributed by atoms with van der Waals surface area (Å²) >= 11 is 0. The number of aliphatic hydroxyl groups is 2. The van der Waals surface area contributed by atoms with E-state index in [4.69, 9.17) is 14.6 Å². The van der Waals surface area contributed by atoms with Gasteiger partial charge in [0, 0.05) is 12.0 Å². The Morgan fingerprint density at radius 1 is 1.25 bits per heavy atom. The predicted octanol–water partition coefficient (Wildman–Crippen LogP) is -0.473. The van der Waals surface area contributed by atoms with E-state index in [2.05, 4.69) is 10.6 Å². The molecule has 4 N–H and O–H groups in total. The van der Waals surface area contributed by atoms with Gasteiger partial charge >= 0.3 is 0 Å². The van der Waals surface area contributed by atoms with Crippen LogP contribution < -0.4 is 20.1 Å². The van der Waals surface area contributed by atoms with Crippen molar-refractivity contribution in [1.29, 1.82) is 0 Å². The monoisotopic (exact) mass is 338 g/mol. The third-order valence-electron chi connectivity index (χ3n) is 3.75. The molecule has 1 atom stereocenters. The lowest BCUT2D eigenvalue weighted by Crippen LogP contribution is -2.48. The van der Waals surface area contributed by atoms with Crippen LogP contribution in [0.4, 0.5) is 0 Å². The van der Waals surface area contributed by atoms with Crippen LogP contribution in [0.25, 0.3) is 0 Å². The number of benzene rings is 1. The number of hydrogen-bond acceptors (Lipinski definition) is 6. The van der Waals surface area contributed by atoms with Crippen molar-refractivity contribution in [3.05, 3.63) is 23.8 Å². The second-order valence-corrected chi connectivity index (χ2v) is 6.23. The lowest BCUT2D eigenvalue weighted by atomic mass is 9.87. The Labute approximate surface area is 139 Å². The van der Waals surface area contributed by atoms with E-state index in [1.165, 1.54) is 0 Å². The summed E-state index contributed by atoms with van der Waals surface area (Å²) in [6.45, 7) is 2.95. The molecule has 0 fully saturated rings. The molecule has 1 aromatic carbocycles. The van der Waals surface area contributed by atoms with Crippen molar-refractivity contribution in [3.63, 3.8) is 0 Å². The number of amides is 2. The zero-order valence-corrected chi connectivity index (χ0v) is 13.7. The minimum atomic E-state index is -1.40. The second kappa shape index (κ2) is 7.50. The number of ether oxygens (including phenoxy) is 2. The molecule has 0 aromatic heterocycles. The Morgan fingerprint density at radius 3 is 2.67 bits per heavy atom. The number of fused-ring (bicyclic) bond motifs is 1. The molecule has 0 radical (unpaired) electrons. The molecule has 24 heavy (non-hydrogen) atoms. The molecule has 2 amide bonds. The molecule has 1 aromatic rings. The average Bonchev–Trinajstić information content (AvgIpc) is 3.04. The van der Waals surface area contributed by atoms with Crippen molar-refractivity contribution < 1.29 is 29.3 Å². The van der Waals surface area contributed by atoms with E-state index in [1.54, 1.807) is 32.0 Å². The van der Waals surface area contributed by atoms with Gasteiger partial charge in [-0.15, -0.1) is 0 Å². The molecule has 132 valence electrons. The Balaban J connectivity index is 1.76. The topological polar surface area (TPSA) is 117 Å². The average molecular weight is 338 g/mol. The molecule has 8 heteroatoms. The molecule has 0 unspecified atom stereocenters. The summed E-state index contributed by atoms with van der Waals surface area (Å²) in [5, 5.41) is 24.0. The van der Waals surface area contributed by atoms with Gasteiger partial charge in [0.1, 0.15) is 6.10 Å². The molecule has 0 bridgehead atoms. The van der Waals surface area contributed by atoms with Gasteiger partial charge in [0.2, 0.25) is 18.6 Å². The van der Waals surface area contributed by atoms with Gasteiger partial charge in [-0.2, -0.15) is 0 Å². The maximum Gasteiger partial charge on any atom is 0.249 e. The number of rotatable bonds is 7. The lowest BCUT2D eigenvalue weighted by Gasteiger charge is -2.26. The molecule has 1 aliphatic rings. The van der Waals surface area contributed by atoms with Crippen LogP contribution in [0.5, 0.6) is 11.5 Å². The summed E-state index contributed by atoms with van der Waals surface area (Å²) < 4.78 is 10.5. The van der Waals surface area contributed by atoms with Gasteiger partial charge in [0.05, 0.1) is 13.2 Å². The quantitative estimate of drug-likeness (QED) is 0.534. The molecule has 1 aliphatic heterocycles. The Hall–Kier alpha value is -2.32. The highest BCUT2D eigenvalue weighted by molar-refractivity contribution is 5.87. The van der Waals surface area contributed by atoms with E-state index < -0.39 is 23.3 Å². The lowest BCUT2D eigenvalue weighted by molar-refractivity contribution is -0.138. The van der Waals surface area contributed by atoms with Gasteiger partial charge in [-0.05, 0) is 17.7 Å². The first-order valence-corrected chi connectivity index (χ1v) is 7.55. The fraction of sp³-hybridized carbons (Fsp3) is 0.500. The summed E-state index contributed by atoms with van der Waals surface area (Å²) in [6, 6.07) is 5.34. The normalized spacial score (nSPS) is 14.2. The van der Waals surface area contributed by atoms with Crippen LogP contribution in [0.3, 0.4) is 0 Å². The third kappa shape index (κ3) is 4.36. The molecule has 2 rings (SSSR count). The molecule has 8 nitrogen and oxygen atoms in total. The highest BCUT2D eigenvalue weighted by atomic mass is 16.7. The van der Waals surface area contributed by atoms with E-state index in [0.717, 1.165) is 5.56 Å². The Bertz CT molecular complexity index is 617. The summed E-state index contributed by atoms with van der Waals surface area (Å²) in [5.41, 5.74) is -0.145. The maximum atomic E-state index is 11.8. The third-order valence-corrected chi connectivity index (χ3v) is 3.75. The molecular weight excluding hydrogens is 316 g/mol. The van der Waals surface area contributed by atoms with Crippen molar-refractivity contribution in [2.24, 2.45) is 5.41 Å². The van der Waals surface area contributed by atoms with Gasteiger partial charge in [-0.25, -0.2) is 0 Å². The van der Waals surface area contributed by atoms with Crippen molar-refractivity contribution >= 4 is 11.8 Å². The van der Waals surface area contributed by atoms with E-state index in [0.29, 0.717) is 11.5 Å². The summed E-state index contributed by atoms with van der Waals surface area (Å²) in [6.07, 6.45) is -1.40. The van der Waals surface area contributed by atoms with E-state index >= 15 is 0 Å². The number of carbonyl (C=O) groups is 2. The fourth-order valence-electron chi connectivity index (χ4n) is 2.02. The summed E-state index contributed by atoms with van der Waals surface area (Å²) in [7, 11) is 0. The SMILES string of the molecule is CC(C)(CO)[C@@H](O)C(=O)NCC(=O)NCc1ccc2c(c1)OCO2. The summed E-state index contributed by atoms with van der Waals surface area (Å²) in [5.74, 6) is 0.199. The predicted molar refractivity (Wildman–Crippen MR) is 84.3 cm³/mol. The Kier molecular flexibility index (Phi) is 5.63. The minimum absolute atomic E-state index is 0.184. The van der Waals surface area contributed by atoms with Gasteiger partial charge in [0.15, 0.2) is 11.5 Å². The minimum Gasteiger partial charge on any atom is -0.454 e. The molecule has 0 saturated heterocycles. The zero-order chi connectivity index (χ0) is 17.7. The maximum absolute atomic E-state index is 11.8. The molecule has 0 saturated carbocycles. The van der Waals surface area contributed by atoms with Crippen molar-refractivity contribution in [3.8, 4) is 11.5 Å². The summed E-state index contributed by atoms with van der Waals surface area (Å²) in [4.78, 5) is 23.6. The Morgan fingerprint density at radius 2 is 1.96 bits per heavy atom. The van der Waals surface area contributed by atoms with E-state index in [9.17, 15) is 14.7 Å². The van der Waals surface area contributed by atoms with Crippen LogP contribution in [-0.4, -0.2) is 48.1 Å². The van der Waals surface area contributed by atoms with Crippen molar-refractivity contribution in [2.45, 2.75) is 26.5 Å². The first-order chi connectivity index (χ1) is 11.3. The van der Waals surface area contributed by atoms with Crippen LogP contribution in [-0.2, 0) is 16.1 Å². The van der Waals surface area contributed by atoms with Gasteiger partial charge in [0.25, 0.3) is 0 Å². The molecule has 1 heterocycles. The molecular formula is C16H22N2O6. The van der Waals surface area contributed by atoms with Crippen LogP contribution in [0.2, 0.25) is 0 Å². The number of hydrogen-bond donors (Lipinski definition) is 4. The van der Waals surface area contributed by atoms with Crippen LogP contribution in [0.15, 0.2) is 18.2 Å². The van der Waals surface area contributed by atoms with E-state index in [1.807, 2.05) is 0 Å². The number of carbonyl (C=O) groups excluding carboxylic acids is 2. The molecule has 0 spiro atoms. The fourth-order valence-corrected chi connectivity index (χ4v) is 2.02. The van der Waals surface area contributed by atoms with Crippen molar-refractivity contribution in [2.75, 3.05) is 19.9 Å². The van der Waals surface area contributed by atoms with Crippen molar-refractivity contribution in [1.82, 2.24) is 10.6 Å². The number of aliphatic hydroxyl groups excluding tert-OH is 2. The number of nitrogens with one attached hydrogen (secondary N) is 2. The van der Waals surface area contributed by atoms with Gasteiger partial charge in [-0.3, -0.25) is 9.59 Å². The van der Waals surface area contributed by atoms with Gasteiger partial charge < -0.3 is 30.3 Å². The second-order valence-electron chi connectivity index (χ2n) is 6.23. The highest BCUT2D eigenvalue weighted by Crippen LogP contribution is 2.32. The molecule has 0 aliphatic carbocycles. The van der Waals surface area contributed by atoms with Crippen LogP contribution in [0.1, 0.15) is 19.4 Å². The van der Waals surface area contributed by atoms with Crippen LogP contribution >= 0.6 is 0 Å². The van der Waals surface area contributed by atoms with Gasteiger partial charge in [-0.1, -0.05) is 19.9 Å². The first-order valence-electron chi connectivity index (χ1n) is 7.55.